The summed E-state index contributed by atoms with van der Waals surface area (Å²) in [5.74, 6) is 1.10. The Morgan fingerprint density at radius 3 is 2.50 bits per heavy atom. The van der Waals surface area contributed by atoms with E-state index in [1.165, 1.54) is 19.3 Å². The van der Waals surface area contributed by atoms with Gasteiger partial charge < -0.3 is 15.1 Å². The average Bonchev–Trinajstić information content (AvgIpc) is 3.26. The van der Waals surface area contributed by atoms with Crippen LogP contribution in [-0.2, 0) is 11.2 Å². The Bertz CT molecular complexity index is 820. The summed E-state index contributed by atoms with van der Waals surface area (Å²) in [6, 6.07) is 8.58. The van der Waals surface area contributed by atoms with Gasteiger partial charge in [0.25, 0.3) is 0 Å². The highest BCUT2D eigenvalue weighted by atomic mass is 16.2. The average molecular weight is 412 g/mol. The van der Waals surface area contributed by atoms with E-state index < -0.39 is 0 Å². The van der Waals surface area contributed by atoms with E-state index in [-0.39, 0.29) is 11.9 Å². The number of nitrogens with zero attached hydrogens (tertiary/aromatic N) is 6. The van der Waals surface area contributed by atoms with Gasteiger partial charge in [0.15, 0.2) is 5.82 Å². The molecule has 1 aliphatic heterocycles. The molecule has 1 aromatic carbocycles. The number of anilines is 1. The zero-order valence-corrected chi connectivity index (χ0v) is 18.1. The number of benzene rings is 1. The fourth-order valence-corrected chi connectivity index (χ4v) is 4.45. The van der Waals surface area contributed by atoms with Crippen LogP contribution in [0.15, 0.2) is 24.3 Å². The Balaban J connectivity index is 1.33. The van der Waals surface area contributed by atoms with E-state index in [1.807, 2.05) is 33.8 Å². The molecule has 0 spiro atoms. The summed E-state index contributed by atoms with van der Waals surface area (Å²) in [4.78, 5) is 16.8. The molecule has 1 atom stereocenters. The zero-order valence-electron chi connectivity index (χ0n) is 18.1. The van der Waals surface area contributed by atoms with Crippen LogP contribution < -0.4 is 5.32 Å². The first-order valence-electron chi connectivity index (χ1n) is 11.2. The molecule has 1 amide bonds. The van der Waals surface area contributed by atoms with Crippen molar-refractivity contribution in [1.29, 1.82) is 0 Å². The first kappa shape index (κ1) is 20.8. The second-order valence-electron chi connectivity index (χ2n) is 8.70. The Morgan fingerprint density at radius 1 is 1.10 bits per heavy atom. The highest BCUT2D eigenvalue weighted by Crippen LogP contribution is 2.29. The van der Waals surface area contributed by atoms with Crippen molar-refractivity contribution < 1.29 is 4.79 Å². The minimum Gasteiger partial charge on any atom is -0.375 e. The number of likely N-dealkylation sites (N-methyl/N-ethyl adjacent to an activating group) is 1. The molecular weight excluding hydrogens is 378 g/mol. The summed E-state index contributed by atoms with van der Waals surface area (Å²) in [7, 11) is 2.10. The van der Waals surface area contributed by atoms with Crippen LogP contribution in [-0.4, -0.2) is 69.1 Å². The van der Waals surface area contributed by atoms with E-state index in [2.05, 4.69) is 39.7 Å². The van der Waals surface area contributed by atoms with Gasteiger partial charge in [-0.15, -0.1) is 5.10 Å². The minimum absolute atomic E-state index is 0.0137. The molecule has 1 aromatic heterocycles. The molecule has 30 heavy (non-hydrogen) atoms. The van der Waals surface area contributed by atoms with Crippen molar-refractivity contribution in [2.75, 3.05) is 38.5 Å². The van der Waals surface area contributed by atoms with Crippen LogP contribution in [0.5, 0.6) is 0 Å². The smallest absolute Gasteiger partial charge is 0.227 e. The number of piperazine rings is 1. The molecule has 4 rings (SSSR count). The summed E-state index contributed by atoms with van der Waals surface area (Å²) in [5, 5.41) is 16.0. The predicted octanol–water partition coefficient (Wildman–Crippen LogP) is 2.67. The maximum atomic E-state index is 12.5. The number of rotatable bonds is 6. The first-order chi connectivity index (χ1) is 14.6. The Labute approximate surface area is 178 Å². The lowest BCUT2D eigenvalue weighted by atomic mass is 9.95. The second-order valence-corrected chi connectivity index (χ2v) is 8.70. The quantitative estimate of drug-likeness (QED) is 0.787. The normalized spacial score (nSPS) is 19.6. The number of amides is 1. The lowest BCUT2D eigenvalue weighted by Crippen LogP contribution is -2.47. The molecule has 1 saturated heterocycles. The standard InChI is InChI=1S/C22H33N7O/c1-17(22-24-25-26-29(22)20-6-4-3-5-7-20)23-19-10-8-18(9-11-19)16-21(30)28-14-12-27(2)13-15-28/h8-11,17,20,23H,3-7,12-16H2,1-2H3. The third-order valence-corrected chi connectivity index (χ3v) is 6.37. The molecule has 2 aromatic rings. The van der Waals surface area contributed by atoms with Crippen molar-refractivity contribution in [2.45, 2.75) is 57.5 Å². The van der Waals surface area contributed by atoms with E-state index in [9.17, 15) is 4.79 Å². The van der Waals surface area contributed by atoms with Crippen molar-refractivity contribution in [3.63, 3.8) is 0 Å². The van der Waals surface area contributed by atoms with Crippen molar-refractivity contribution in [3.8, 4) is 0 Å². The maximum absolute atomic E-state index is 12.5. The van der Waals surface area contributed by atoms with Crippen molar-refractivity contribution in [1.82, 2.24) is 30.0 Å². The van der Waals surface area contributed by atoms with Gasteiger partial charge in [-0.2, -0.15) is 0 Å². The topological polar surface area (TPSA) is 79.2 Å². The van der Waals surface area contributed by atoms with Gasteiger partial charge in [0.2, 0.25) is 5.91 Å². The van der Waals surface area contributed by atoms with Gasteiger partial charge in [0.05, 0.1) is 18.5 Å². The van der Waals surface area contributed by atoms with Crippen LogP contribution >= 0.6 is 0 Å². The first-order valence-corrected chi connectivity index (χ1v) is 11.2. The van der Waals surface area contributed by atoms with Gasteiger partial charge in [0, 0.05) is 31.9 Å². The zero-order chi connectivity index (χ0) is 20.9. The van der Waals surface area contributed by atoms with Crippen LogP contribution in [0.4, 0.5) is 5.69 Å². The molecule has 0 radical (unpaired) electrons. The van der Waals surface area contributed by atoms with Crippen LogP contribution in [0.3, 0.4) is 0 Å². The number of tetrazole rings is 1. The highest BCUT2D eigenvalue weighted by molar-refractivity contribution is 5.79. The van der Waals surface area contributed by atoms with Gasteiger partial charge >= 0.3 is 0 Å². The number of aromatic nitrogens is 4. The lowest BCUT2D eigenvalue weighted by molar-refractivity contribution is -0.132. The van der Waals surface area contributed by atoms with Crippen LogP contribution in [0.2, 0.25) is 0 Å². The molecule has 2 aliphatic rings. The molecule has 2 fully saturated rings. The van der Waals surface area contributed by atoms with E-state index >= 15 is 0 Å². The summed E-state index contributed by atoms with van der Waals surface area (Å²) >= 11 is 0. The maximum Gasteiger partial charge on any atom is 0.227 e. The van der Waals surface area contributed by atoms with E-state index in [0.29, 0.717) is 12.5 Å². The molecule has 1 N–H and O–H groups in total. The SMILES string of the molecule is CC(Nc1ccc(CC(=O)N2CCN(C)CC2)cc1)c1nnnn1C1CCCCC1. The fraction of sp³-hybridized carbons (Fsp3) is 0.636. The molecule has 8 nitrogen and oxygen atoms in total. The Morgan fingerprint density at radius 2 is 1.80 bits per heavy atom. The number of hydrogen-bond donors (Lipinski definition) is 1. The number of nitrogens with one attached hydrogen (secondary N) is 1. The van der Waals surface area contributed by atoms with Crippen LogP contribution in [0.1, 0.15) is 62.5 Å². The lowest BCUT2D eigenvalue weighted by Gasteiger charge is -2.32. The summed E-state index contributed by atoms with van der Waals surface area (Å²) in [6.07, 6.45) is 6.58. The van der Waals surface area contributed by atoms with Gasteiger partial charge in [0.1, 0.15) is 0 Å². The molecule has 1 unspecified atom stereocenters. The van der Waals surface area contributed by atoms with E-state index in [1.54, 1.807) is 0 Å². The van der Waals surface area contributed by atoms with Gasteiger partial charge in [-0.05, 0) is 54.9 Å². The van der Waals surface area contributed by atoms with Crippen molar-refractivity contribution >= 4 is 11.6 Å². The monoisotopic (exact) mass is 411 g/mol. The molecule has 8 heteroatoms. The number of carbonyl (C=O) groups is 1. The Kier molecular flexibility index (Phi) is 6.62. The van der Waals surface area contributed by atoms with Gasteiger partial charge in [-0.1, -0.05) is 31.4 Å². The van der Waals surface area contributed by atoms with Crippen LogP contribution in [0, 0.1) is 0 Å². The minimum atomic E-state index is 0.0137. The van der Waals surface area contributed by atoms with Gasteiger partial charge in [-0.3, -0.25) is 4.79 Å². The third kappa shape index (κ3) is 4.98. The van der Waals surface area contributed by atoms with Gasteiger partial charge in [-0.25, -0.2) is 4.68 Å². The van der Waals surface area contributed by atoms with E-state index in [0.717, 1.165) is 56.1 Å². The molecule has 162 valence electrons. The third-order valence-electron chi connectivity index (χ3n) is 6.37. The largest absolute Gasteiger partial charge is 0.375 e. The Hall–Kier alpha value is -2.48. The summed E-state index contributed by atoms with van der Waals surface area (Å²) in [6.45, 7) is 5.64. The predicted molar refractivity (Wildman–Crippen MR) is 116 cm³/mol. The van der Waals surface area contributed by atoms with Crippen molar-refractivity contribution in [3.05, 3.63) is 35.7 Å². The number of hydrogen-bond acceptors (Lipinski definition) is 6. The molecule has 0 bridgehead atoms. The molecule has 2 heterocycles. The van der Waals surface area contributed by atoms with Crippen molar-refractivity contribution in [2.24, 2.45) is 0 Å². The summed E-state index contributed by atoms with van der Waals surface area (Å²) < 4.78 is 2.01. The second kappa shape index (κ2) is 9.55. The fourth-order valence-electron chi connectivity index (χ4n) is 4.45. The number of carbonyl (C=O) groups excluding carboxylic acids is 1. The molecule has 1 aliphatic carbocycles. The highest BCUT2D eigenvalue weighted by Gasteiger charge is 2.23. The summed E-state index contributed by atoms with van der Waals surface area (Å²) in [5.41, 5.74) is 2.06. The molecule has 1 saturated carbocycles. The van der Waals surface area contributed by atoms with Crippen LogP contribution in [0.25, 0.3) is 0 Å². The van der Waals surface area contributed by atoms with E-state index in [4.69, 9.17) is 0 Å². The molecular formula is C22H33N7O.